The third-order valence-electron chi connectivity index (χ3n) is 4.55. The van der Waals surface area contributed by atoms with Crippen molar-refractivity contribution >= 4 is 11.6 Å². The van der Waals surface area contributed by atoms with Crippen molar-refractivity contribution in [3.8, 4) is 5.69 Å². The Hall–Kier alpha value is -1.25. The Balaban J connectivity index is 2.26. The number of para-hydroxylation sites is 1. The smallest absolute Gasteiger partial charge is 0.0670 e. The van der Waals surface area contributed by atoms with Crippen LogP contribution in [0.5, 0.6) is 0 Å². The van der Waals surface area contributed by atoms with Crippen LogP contribution in [0.25, 0.3) is 5.69 Å². The van der Waals surface area contributed by atoms with Crippen LogP contribution in [-0.2, 0) is 6.42 Å². The van der Waals surface area contributed by atoms with E-state index in [1.165, 1.54) is 22.5 Å². The fourth-order valence-corrected chi connectivity index (χ4v) is 3.97. The lowest BCUT2D eigenvalue weighted by Gasteiger charge is -2.34. The molecule has 3 heteroatoms. The summed E-state index contributed by atoms with van der Waals surface area (Å²) >= 11 is 6.49. The van der Waals surface area contributed by atoms with Crippen molar-refractivity contribution in [3.05, 3.63) is 51.8 Å². The summed E-state index contributed by atoms with van der Waals surface area (Å²) in [7, 11) is 0. The maximum Gasteiger partial charge on any atom is 0.0670 e. The number of nitrogens with two attached hydrogens (primary N) is 1. The lowest BCUT2D eigenvalue weighted by atomic mass is 9.74. The van der Waals surface area contributed by atoms with Gasteiger partial charge in [-0.05, 0) is 55.4 Å². The van der Waals surface area contributed by atoms with Crippen molar-refractivity contribution in [1.29, 1.82) is 0 Å². The van der Waals surface area contributed by atoms with Gasteiger partial charge in [0.1, 0.15) is 0 Å². The van der Waals surface area contributed by atoms with Crippen LogP contribution in [0.2, 0.25) is 5.02 Å². The highest BCUT2D eigenvalue weighted by Gasteiger charge is 2.34. The predicted octanol–water partition coefficient (Wildman–Crippen LogP) is 4.72. The van der Waals surface area contributed by atoms with Gasteiger partial charge in [0.25, 0.3) is 0 Å². The van der Waals surface area contributed by atoms with Gasteiger partial charge < -0.3 is 10.3 Å². The molecule has 0 aliphatic heterocycles. The van der Waals surface area contributed by atoms with E-state index in [0.29, 0.717) is 0 Å². The molecular weight excluding hydrogens is 280 g/mol. The minimum absolute atomic E-state index is 0.117. The highest BCUT2D eigenvalue weighted by atomic mass is 35.5. The predicted molar refractivity (Wildman–Crippen MR) is 89.3 cm³/mol. The molecule has 112 valence electrons. The first-order chi connectivity index (χ1) is 9.80. The second-order valence-corrected chi connectivity index (χ2v) is 7.49. The number of hydrogen-bond acceptors (Lipinski definition) is 1. The number of nitrogens with zero attached hydrogens (tertiary/aromatic N) is 1. The van der Waals surface area contributed by atoms with Gasteiger partial charge in [-0.2, -0.15) is 0 Å². The van der Waals surface area contributed by atoms with Crippen LogP contribution >= 0.6 is 11.6 Å². The van der Waals surface area contributed by atoms with Gasteiger partial charge in [-0.15, -0.1) is 0 Å². The lowest BCUT2D eigenvalue weighted by Crippen LogP contribution is -2.30. The fourth-order valence-electron chi connectivity index (χ4n) is 3.67. The van der Waals surface area contributed by atoms with Crippen molar-refractivity contribution < 1.29 is 0 Å². The Kier molecular flexibility index (Phi) is 3.42. The van der Waals surface area contributed by atoms with E-state index in [4.69, 9.17) is 17.3 Å². The summed E-state index contributed by atoms with van der Waals surface area (Å²) in [6.07, 6.45) is 2.07. The zero-order chi connectivity index (χ0) is 15.4. The number of benzene rings is 1. The van der Waals surface area contributed by atoms with E-state index in [2.05, 4.69) is 44.4 Å². The number of halogens is 1. The quantitative estimate of drug-likeness (QED) is 0.812. The summed E-state index contributed by atoms with van der Waals surface area (Å²) in [5.41, 5.74) is 12.8. The van der Waals surface area contributed by atoms with Gasteiger partial charge in [-0.1, -0.05) is 37.6 Å². The van der Waals surface area contributed by atoms with Crippen molar-refractivity contribution in [1.82, 2.24) is 4.57 Å². The monoisotopic (exact) mass is 302 g/mol. The molecule has 1 aromatic heterocycles. The van der Waals surface area contributed by atoms with E-state index in [-0.39, 0.29) is 11.5 Å². The number of aromatic nitrogens is 1. The molecule has 1 aliphatic carbocycles. The van der Waals surface area contributed by atoms with Gasteiger partial charge in [-0.3, -0.25) is 0 Å². The third kappa shape index (κ3) is 2.41. The molecule has 1 aliphatic rings. The molecule has 0 saturated carbocycles. The number of hydrogen-bond donors (Lipinski definition) is 1. The molecule has 2 nitrogen and oxygen atoms in total. The van der Waals surface area contributed by atoms with Crippen molar-refractivity contribution in [2.24, 2.45) is 11.1 Å². The van der Waals surface area contributed by atoms with Crippen molar-refractivity contribution in [3.63, 3.8) is 0 Å². The highest BCUT2D eigenvalue weighted by molar-refractivity contribution is 6.32. The molecule has 0 bridgehead atoms. The molecule has 2 N–H and O–H groups in total. The first kappa shape index (κ1) is 14.7. The lowest BCUT2D eigenvalue weighted by molar-refractivity contribution is 0.278. The summed E-state index contributed by atoms with van der Waals surface area (Å²) in [5, 5.41) is 0.799. The topological polar surface area (TPSA) is 30.9 Å². The van der Waals surface area contributed by atoms with Gasteiger partial charge in [0.2, 0.25) is 0 Å². The molecule has 2 aromatic rings. The number of fused-ring (bicyclic) bond motifs is 1. The summed E-state index contributed by atoms with van der Waals surface area (Å²) in [4.78, 5) is 0. The second kappa shape index (κ2) is 4.89. The highest BCUT2D eigenvalue weighted by Crippen LogP contribution is 2.42. The molecule has 0 saturated heterocycles. The zero-order valence-electron chi connectivity index (χ0n) is 13.2. The SMILES string of the molecule is Cc1cccc(Cl)c1-n1c(C)cc2c1CC(C)(C)CC2N. The van der Waals surface area contributed by atoms with E-state index in [9.17, 15) is 0 Å². The Labute approximate surface area is 131 Å². The van der Waals surface area contributed by atoms with E-state index in [0.717, 1.165) is 23.6 Å². The molecule has 1 heterocycles. The summed E-state index contributed by atoms with van der Waals surface area (Å²) < 4.78 is 2.31. The van der Waals surface area contributed by atoms with Gasteiger partial charge >= 0.3 is 0 Å². The molecule has 1 atom stereocenters. The van der Waals surface area contributed by atoms with Gasteiger partial charge in [-0.25, -0.2) is 0 Å². The maximum absolute atomic E-state index is 6.49. The maximum atomic E-state index is 6.49. The first-order valence-electron chi connectivity index (χ1n) is 7.52. The van der Waals surface area contributed by atoms with Gasteiger partial charge in [0.05, 0.1) is 10.7 Å². The Morgan fingerprint density at radius 2 is 2.00 bits per heavy atom. The number of rotatable bonds is 1. The van der Waals surface area contributed by atoms with Crippen LogP contribution in [0.4, 0.5) is 0 Å². The fraction of sp³-hybridized carbons (Fsp3) is 0.444. The Bertz CT molecular complexity index is 677. The molecule has 21 heavy (non-hydrogen) atoms. The normalized spacial score (nSPS) is 20.4. The zero-order valence-corrected chi connectivity index (χ0v) is 14.0. The van der Waals surface area contributed by atoms with Crippen LogP contribution < -0.4 is 5.73 Å². The average molecular weight is 303 g/mol. The molecule has 1 unspecified atom stereocenters. The summed E-state index contributed by atoms with van der Waals surface area (Å²) in [6.45, 7) is 8.84. The summed E-state index contributed by atoms with van der Waals surface area (Å²) in [5.74, 6) is 0. The standard InChI is InChI=1S/C18H23ClN2/c1-11-6-5-7-14(19)17(11)21-12(2)8-13-15(20)9-18(3,4)10-16(13)21/h5-8,15H,9-10,20H2,1-4H3. The summed E-state index contributed by atoms with van der Waals surface area (Å²) in [6, 6.07) is 8.43. The molecule has 0 radical (unpaired) electrons. The van der Waals surface area contributed by atoms with Gasteiger partial charge in [0, 0.05) is 17.4 Å². The molecule has 0 amide bonds. The van der Waals surface area contributed by atoms with Gasteiger partial charge in [0.15, 0.2) is 0 Å². The largest absolute Gasteiger partial charge is 0.324 e. The van der Waals surface area contributed by atoms with Crippen molar-refractivity contribution in [2.45, 2.75) is 46.6 Å². The van der Waals surface area contributed by atoms with Crippen molar-refractivity contribution in [2.75, 3.05) is 0 Å². The average Bonchev–Trinajstić information content (AvgIpc) is 2.66. The van der Waals surface area contributed by atoms with Crippen LogP contribution in [-0.4, -0.2) is 4.57 Å². The van der Waals surface area contributed by atoms with E-state index in [1.807, 2.05) is 12.1 Å². The van der Waals surface area contributed by atoms with Crippen LogP contribution in [0, 0.1) is 19.3 Å². The molecule has 1 aromatic carbocycles. The van der Waals surface area contributed by atoms with E-state index in [1.54, 1.807) is 0 Å². The molecule has 0 fully saturated rings. The van der Waals surface area contributed by atoms with E-state index < -0.39 is 0 Å². The molecule has 0 spiro atoms. The Morgan fingerprint density at radius 1 is 1.29 bits per heavy atom. The van der Waals surface area contributed by atoms with Crippen LogP contribution in [0.15, 0.2) is 24.3 Å². The third-order valence-corrected chi connectivity index (χ3v) is 4.86. The van der Waals surface area contributed by atoms with E-state index >= 15 is 0 Å². The minimum atomic E-state index is 0.117. The second-order valence-electron chi connectivity index (χ2n) is 7.08. The van der Waals surface area contributed by atoms with Crippen LogP contribution in [0.1, 0.15) is 48.8 Å². The van der Waals surface area contributed by atoms with Crippen LogP contribution in [0.3, 0.4) is 0 Å². The molecule has 3 rings (SSSR count). The first-order valence-corrected chi connectivity index (χ1v) is 7.90. The minimum Gasteiger partial charge on any atom is -0.324 e. The Morgan fingerprint density at radius 3 is 2.67 bits per heavy atom. The molecular formula is C18H23ClN2. The number of aryl methyl sites for hydroxylation is 2.